The number of piperidine rings is 1. The lowest BCUT2D eigenvalue weighted by Crippen LogP contribution is -2.59. The molecule has 0 spiro atoms. The average Bonchev–Trinajstić information content (AvgIpc) is 2.48. The van der Waals surface area contributed by atoms with Crippen molar-refractivity contribution in [2.24, 2.45) is 5.73 Å². The minimum Gasteiger partial charge on any atom is -0.326 e. The van der Waals surface area contributed by atoms with Crippen LogP contribution in [0.3, 0.4) is 0 Å². The van der Waals surface area contributed by atoms with Gasteiger partial charge in [0.05, 0.1) is 0 Å². The fraction of sp³-hybridized carbons (Fsp3) is 0.688. The highest BCUT2D eigenvalue weighted by Gasteiger charge is 2.36. The van der Waals surface area contributed by atoms with Gasteiger partial charge in [0.25, 0.3) is 0 Å². The lowest BCUT2D eigenvalue weighted by atomic mass is 9.83. The van der Waals surface area contributed by atoms with Crippen molar-refractivity contribution in [1.29, 1.82) is 0 Å². The zero-order valence-electron chi connectivity index (χ0n) is 12.3. The van der Waals surface area contributed by atoms with Crippen molar-refractivity contribution in [3.05, 3.63) is 30.1 Å². The first-order valence-corrected chi connectivity index (χ1v) is 7.56. The van der Waals surface area contributed by atoms with Crippen LogP contribution in [0.5, 0.6) is 0 Å². The van der Waals surface area contributed by atoms with E-state index in [9.17, 15) is 0 Å². The Balaban J connectivity index is 2.06. The summed E-state index contributed by atoms with van der Waals surface area (Å²) in [7, 11) is 0. The molecule has 2 unspecified atom stereocenters. The monoisotopic (exact) mass is 261 g/mol. The first-order chi connectivity index (χ1) is 9.16. The lowest BCUT2D eigenvalue weighted by Gasteiger charge is -2.47. The Labute approximate surface area is 117 Å². The molecule has 1 saturated heterocycles. The van der Waals surface area contributed by atoms with Gasteiger partial charge in [-0.05, 0) is 63.4 Å². The van der Waals surface area contributed by atoms with Crippen LogP contribution in [0.15, 0.2) is 24.5 Å². The predicted molar refractivity (Wildman–Crippen MR) is 80.0 cm³/mol. The molecule has 0 saturated carbocycles. The standard InChI is InChI=1S/C16H27N3/c1-3-16(2,19-11-5-4-6-12-19)15(17)13-14-7-9-18-10-8-14/h7-10,15H,3-6,11-13,17H2,1-2H3. The van der Waals surface area contributed by atoms with Crippen LogP contribution in [0.25, 0.3) is 0 Å². The van der Waals surface area contributed by atoms with Crippen molar-refractivity contribution in [2.75, 3.05) is 13.1 Å². The van der Waals surface area contributed by atoms with E-state index in [1.165, 1.54) is 37.9 Å². The van der Waals surface area contributed by atoms with E-state index in [-0.39, 0.29) is 11.6 Å². The van der Waals surface area contributed by atoms with Gasteiger partial charge in [-0.25, -0.2) is 0 Å². The van der Waals surface area contributed by atoms with Gasteiger partial charge in [0.2, 0.25) is 0 Å². The summed E-state index contributed by atoms with van der Waals surface area (Å²) in [5.41, 5.74) is 7.97. The molecular formula is C16H27N3. The van der Waals surface area contributed by atoms with E-state index < -0.39 is 0 Å². The molecule has 3 nitrogen and oxygen atoms in total. The molecule has 0 radical (unpaired) electrons. The van der Waals surface area contributed by atoms with E-state index in [1.54, 1.807) is 0 Å². The molecule has 2 heterocycles. The van der Waals surface area contributed by atoms with Gasteiger partial charge in [-0.1, -0.05) is 13.3 Å². The van der Waals surface area contributed by atoms with Crippen LogP contribution in [0.2, 0.25) is 0 Å². The lowest BCUT2D eigenvalue weighted by molar-refractivity contribution is 0.0546. The maximum absolute atomic E-state index is 6.56. The number of aromatic nitrogens is 1. The second-order valence-corrected chi connectivity index (χ2v) is 5.92. The zero-order chi connectivity index (χ0) is 13.7. The molecule has 1 aliphatic heterocycles. The zero-order valence-corrected chi connectivity index (χ0v) is 12.3. The highest BCUT2D eigenvalue weighted by Crippen LogP contribution is 2.28. The van der Waals surface area contributed by atoms with Crippen molar-refractivity contribution in [2.45, 2.75) is 57.5 Å². The molecule has 0 aromatic carbocycles. The summed E-state index contributed by atoms with van der Waals surface area (Å²) in [6.07, 6.45) is 9.76. The molecule has 19 heavy (non-hydrogen) atoms. The first-order valence-electron chi connectivity index (χ1n) is 7.56. The molecule has 1 aliphatic rings. The van der Waals surface area contributed by atoms with E-state index in [1.807, 2.05) is 12.4 Å². The molecule has 0 aliphatic carbocycles. The average molecular weight is 261 g/mol. The molecule has 2 atom stereocenters. The van der Waals surface area contributed by atoms with Gasteiger partial charge in [-0.3, -0.25) is 9.88 Å². The first kappa shape index (κ1) is 14.5. The van der Waals surface area contributed by atoms with Gasteiger partial charge >= 0.3 is 0 Å². The Hall–Kier alpha value is -0.930. The van der Waals surface area contributed by atoms with Gasteiger partial charge < -0.3 is 5.73 Å². The minimum absolute atomic E-state index is 0.115. The third-order valence-electron chi connectivity index (χ3n) is 4.80. The smallest absolute Gasteiger partial charge is 0.0332 e. The predicted octanol–water partition coefficient (Wildman–Crippen LogP) is 2.61. The fourth-order valence-electron chi connectivity index (χ4n) is 3.12. The number of hydrogen-bond donors (Lipinski definition) is 1. The molecule has 1 aromatic rings. The van der Waals surface area contributed by atoms with Crippen LogP contribution in [0.4, 0.5) is 0 Å². The van der Waals surface area contributed by atoms with E-state index in [4.69, 9.17) is 5.73 Å². The molecule has 1 fully saturated rings. The Morgan fingerprint density at radius 1 is 1.26 bits per heavy atom. The summed E-state index contributed by atoms with van der Waals surface area (Å²) >= 11 is 0. The number of rotatable bonds is 5. The number of hydrogen-bond acceptors (Lipinski definition) is 3. The Bertz CT molecular complexity index is 373. The molecule has 3 heteroatoms. The summed E-state index contributed by atoms with van der Waals surface area (Å²) < 4.78 is 0. The number of likely N-dealkylation sites (tertiary alicyclic amines) is 1. The molecular weight excluding hydrogens is 234 g/mol. The topological polar surface area (TPSA) is 42.1 Å². The number of pyridine rings is 1. The van der Waals surface area contributed by atoms with Crippen LogP contribution in [0.1, 0.15) is 45.1 Å². The SMILES string of the molecule is CCC(C)(C(N)Cc1ccncc1)N1CCCCC1. The Kier molecular flexibility index (Phi) is 4.94. The highest BCUT2D eigenvalue weighted by atomic mass is 15.2. The molecule has 1 aromatic heterocycles. The maximum atomic E-state index is 6.56. The van der Waals surface area contributed by atoms with Crippen LogP contribution < -0.4 is 5.73 Å². The number of nitrogens with two attached hydrogens (primary N) is 1. The van der Waals surface area contributed by atoms with Crippen molar-refractivity contribution < 1.29 is 0 Å². The summed E-state index contributed by atoms with van der Waals surface area (Å²) in [6.45, 7) is 7.01. The maximum Gasteiger partial charge on any atom is 0.0332 e. The van der Waals surface area contributed by atoms with E-state index >= 15 is 0 Å². The summed E-state index contributed by atoms with van der Waals surface area (Å²) in [4.78, 5) is 6.69. The summed E-state index contributed by atoms with van der Waals surface area (Å²) in [5, 5.41) is 0. The molecule has 2 N–H and O–H groups in total. The minimum atomic E-state index is 0.115. The normalized spacial score (nSPS) is 21.8. The summed E-state index contributed by atoms with van der Waals surface area (Å²) in [5.74, 6) is 0. The van der Waals surface area contributed by atoms with Gasteiger partial charge in [0, 0.05) is 24.0 Å². The second-order valence-electron chi connectivity index (χ2n) is 5.92. The second kappa shape index (κ2) is 6.49. The Morgan fingerprint density at radius 3 is 2.47 bits per heavy atom. The number of nitrogens with zero attached hydrogens (tertiary/aromatic N) is 2. The van der Waals surface area contributed by atoms with Crippen molar-refractivity contribution in [3.8, 4) is 0 Å². The van der Waals surface area contributed by atoms with Crippen LogP contribution in [-0.2, 0) is 6.42 Å². The van der Waals surface area contributed by atoms with Crippen molar-refractivity contribution in [1.82, 2.24) is 9.88 Å². The third-order valence-corrected chi connectivity index (χ3v) is 4.80. The van der Waals surface area contributed by atoms with E-state index in [0.717, 1.165) is 12.8 Å². The third kappa shape index (κ3) is 3.34. The van der Waals surface area contributed by atoms with Gasteiger partial charge in [-0.15, -0.1) is 0 Å². The fourth-order valence-corrected chi connectivity index (χ4v) is 3.12. The molecule has 0 bridgehead atoms. The quantitative estimate of drug-likeness (QED) is 0.886. The van der Waals surface area contributed by atoms with Gasteiger partial charge in [-0.2, -0.15) is 0 Å². The van der Waals surface area contributed by atoms with E-state index in [0.29, 0.717) is 0 Å². The molecule has 0 amide bonds. The Morgan fingerprint density at radius 2 is 1.89 bits per heavy atom. The van der Waals surface area contributed by atoms with Gasteiger partial charge in [0.1, 0.15) is 0 Å². The largest absolute Gasteiger partial charge is 0.326 e. The highest BCUT2D eigenvalue weighted by molar-refractivity contribution is 5.13. The van der Waals surface area contributed by atoms with Crippen molar-refractivity contribution >= 4 is 0 Å². The molecule has 106 valence electrons. The molecule has 2 rings (SSSR count). The van der Waals surface area contributed by atoms with E-state index in [2.05, 4.69) is 35.9 Å². The van der Waals surface area contributed by atoms with Crippen LogP contribution in [-0.4, -0.2) is 34.6 Å². The van der Waals surface area contributed by atoms with Crippen molar-refractivity contribution in [3.63, 3.8) is 0 Å². The van der Waals surface area contributed by atoms with Crippen LogP contribution >= 0.6 is 0 Å². The summed E-state index contributed by atoms with van der Waals surface area (Å²) in [6, 6.07) is 4.33. The van der Waals surface area contributed by atoms with Gasteiger partial charge in [0.15, 0.2) is 0 Å². The van der Waals surface area contributed by atoms with Crippen LogP contribution in [0, 0.1) is 0 Å².